The van der Waals surface area contributed by atoms with E-state index in [1.54, 1.807) is 0 Å². The molecule has 3 N–H and O–H groups in total. The molecule has 1 aliphatic rings. The van der Waals surface area contributed by atoms with Crippen LogP contribution >= 0.6 is 12.4 Å². The second kappa shape index (κ2) is 5.05. The molecule has 96 valence electrons. The Morgan fingerprint density at radius 2 is 1.88 bits per heavy atom. The Hall–Kier alpha value is -1.08. The summed E-state index contributed by atoms with van der Waals surface area (Å²) in [5, 5.41) is 2.97. The molecule has 4 nitrogen and oxygen atoms in total. The molecular weight excluding hydrogens is 257 g/mol. The van der Waals surface area contributed by atoms with E-state index in [-0.39, 0.29) is 24.5 Å². The fourth-order valence-electron chi connectivity index (χ4n) is 1.54. The van der Waals surface area contributed by atoms with Gasteiger partial charge in [-0.3, -0.25) is 0 Å². The summed E-state index contributed by atoms with van der Waals surface area (Å²) < 4.78 is 36.5. The predicted molar refractivity (Wildman–Crippen MR) is 58.9 cm³/mol. The van der Waals surface area contributed by atoms with E-state index in [2.05, 4.69) is 15.3 Å². The Kier molecular flexibility index (Phi) is 4.16. The van der Waals surface area contributed by atoms with Crippen LogP contribution in [0.4, 0.5) is 19.0 Å². The summed E-state index contributed by atoms with van der Waals surface area (Å²) in [6.07, 6.45) is -1.01. The van der Waals surface area contributed by atoms with Crippen LogP contribution in [0.2, 0.25) is 0 Å². The normalized spacial score (nSPS) is 23.5. The summed E-state index contributed by atoms with van der Waals surface area (Å²) in [6, 6.07) is 0.376. The van der Waals surface area contributed by atoms with Crippen LogP contribution in [-0.2, 0) is 6.18 Å². The first kappa shape index (κ1) is 14.0. The van der Waals surface area contributed by atoms with Gasteiger partial charge in [0.1, 0.15) is 5.82 Å². The lowest BCUT2D eigenvalue weighted by molar-refractivity contribution is -0.141. The zero-order valence-corrected chi connectivity index (χ0v) is 9.55. The number of nitrogens with one attached hydrogen (secondary N) is 1. The minimum Gasteiger partial charge on any atom is -0.366 e. The Morgan fingerprint density at radius 3 is 2.29 bits per heavy atom. The third-order valence-electron chi connectivity index (χ3n) is 2.47. The summed E-state index contributed by atoms with van der Waals surface area (Å²) in [7, 11) is 0. The highest BCUT2D eigenvalue weighted by molar-refractivity contribution is 5.85. The molecular formula is C9H12ClF3N4. The van der Waals surface area contributed by atoms with Crippen LogP contribution in [0.1, 0.15) is 18.5 Å². The number of alkyl halides is 3. The molecule has 1 aliphatic carbocycles. The van der Waals surface area contributed by atoms with Gasteiger partial charge in [-0.15, -0.1) is 12.4 Å². The lowest BCUT2D eigenvalue weighted by atomic mass is 9.88. The van der Waals surface area contributed by atoms with E-state index in [1.165, 1.54) is 0 Å². The van der Waals surface area contributed by atoms with Gasteiger partial charge in [-0.2, -0.15) is 13.2 Å². The highest BCUT2D eigenvalue weighted by atomic mass is 35.5. The van der Waals surface area contributed by atoms with Crippen LogP contribution in [0.25, 0.3) is 0 Å². The molecule has 0 amide bonds. The van der Waals surface area contributed by atoms with Crippen molar-refractivity contribution in [2.75, 3.05) is 5.32 Å². The number of rotatable bonds is 2. The summed E-state index contributed by atoms with van der Waals surface area (Å²) >= 11 is 0. The maximum Gasteiger partial charge on any atom is 0.434 e. The molecule has 1 aromatic rings. The summed E-state index contributed by atoms with van der Waals surface area (Å²) in [4.78, 5) is 6.96. The maximum absolute atomic E-state index is 12.2. The highest BCUT2D eigenvalue weighted by Gasteiger charge is 2.33. The van der Waals surface area contributed by atoms with Gasteiger partial charge in [0.2, 0.25) is 0 Å². The van der Waals surface area contributed by atoms with Crippen molar-refractivity contribution in [2.45, 2.75) is 31.1 Å². The summed E-state index contributed by atoms with van der Waals surface area (Å²) in [5.74, 6) is 0.352. The fourth-order valence-corrected chi connectivity index (χ4v) is 1.54. The third-order valence-corrected chi connectivity index (χ3v) is 2.47. The van der Waals surface area contributed by atoms with E-state index in [4.69, 9.17) is 5.73 Å². The van der Waals surface area contributed by atoms with Crippen LogP contribution < -0.4 is 11.1 Å². The molecule has 1 heterocycles. The smallest absolute Gasteiger partial charge is 0.366 e. The lowest BCUT2D eigenvalue weighted by Gasteiger charge is -2.33. The molecule has 0 radical (unpaired) electrons. The van der Waals surface area contributed by atoms with Gasteiger partial charge < -0.3 is 11.1 Å². The first-order valence-corrected chi connectivity index (χ1v) is 4.86. The van der Waals surface area contributed by atoms with Gasteiger partial charge in [-0.25, -0.2) is 9.97 Å². The average molecular weight is 269 g/mol. The number of hydrogen-bond acceptors (Lipinski definition) is 4. The van der Waals surface area contributed by atoms with Crippen molar-refractivity contribution in [3.8, 4) is 0 Å². The highest BCUT2D eigenvalue weighted by Crippen LogP contribution is 2.27. The van der Waals surface area contributed by atoms with Crippen molar-refractivity contribution in [3.63, 3.8) is 0 Å². The molecule has 8 heteroatoms. The number of nitrogens with two attached hydrogens (primary N) is 1. The van der Waals surface area contributed by atoms with Gasteiger partial charge in [0.25, 0.3) is 0 Å². The predicted octanol–water partition coefficient (Wildman–Crippen LogP) is 1.82. The van der Waals surface area contributed by atoms with Crippen molar-refractivity contribution in [1.82, 2.24) is 9.97 Å². The van der Waals surface area contributed by atoms with Gasteiger partial charge >= 0.3 is 6.18 Å². The van der Waals surface area contributed by atoms with Crippen molar-refractivity contribution >= 4 is 18.2 Å². The quantitative estimate of drug-likeness (QED) is 0.859. The van der Waals surface area contributed by atoms with E-state index in [9.17, 15) is 13.2 Å². The molecule has 17 heavy (non-hydrogen) atoms. The molecule has 0 spiro atoms. The molecule has 2 rings (SSSR count). The topological polar surface area (TPSA) is 63.8 Å². The Labute approximate surface area is 102 Å². The minimum atomic E-state index is -4.44. The number of aromatic nitrogens is 2. The standard InChI is InChI=1S/C9H11F3N4.ClH/c10-9(11,12)7-3-15-8(4-14-7)16-6-1-5(13)2-6;/h3-6H,1-2,13H2,(H,15,16);1H. The number of anilines is 1. The summed E-state index contributed by atoms with van der Waals surface area (Å²) in [6.45, 7) is 0. The molecule has 0 aliphatic heterocycles. The van der Waals surface area contributed by atoms with E-state index < -0.39 is 11.9 Å². The molecule has 1 aromatic heterocycles. The van der Waals surface area contributed by atoms with Crippen LogP contribution in [0.15, 0.2) is 12.4 Å². The van der Waals surface area contributed by atoms with E-state index >= 15 is 0 Å². The van der Waals surface area contributed by atoms with Crippen molar-refractivity contribution in [2.24, 2.45) is 5.73 Å². The van der Waals surface area contributed by atoms with Gasteiger partial charge in [-0.1, -0.05) is 0 Å². The lowest BCUT2D eigenvalue weighted by Crippen LogP contribution is -2.44. The monoisotopic (exact) mass is 268 g/mol. The van der Waals surface area contributed by atoms with Crippen LogP contribution in [-0.4, -0.2) is 22.1 Å². The van der Waals surface area contributed by atoms with Crippen molar-refractivity contribution in [1.29, 1.82) is 0 Å². The minimum absolute atomic E-state index is 0. The number of halogens is 4. The molecule has 0 atom stereocenters. The molecule has 0 saturated heterocycles. The fraction of sp³-hybridized carbons (Fsp3) is 0.556. The average Bonchev–Trinajstić information content (AvgIpc) is 2.15. The van der Waals surface area contributed by atoms with E-state index in [0.29, 0.717) is 5.82 Å². The third kappa shape index (κ3) is 3.44. The second-order valence-corrected chi connectivity index (χ2v) is 3.86. The molecule has 0 bridgehead atoms. The zero-order chi connectivity index (χ0) is 11.8. The van der Waals surface area contributed by atoms with E-state index in [0.717, 1.165) is 25.2 Å². The van der Waals surface area contributed by atoms with Crippen molar-refractivity contribution < 1.29 is 13.2 Å². The molecule has 1 saturated carbocycles. The first-order chi connectivity index (χ1) is 7.45. The molecule has 0 unspecified atom stereocenters. The Morgan fingerprint density at radius 1 is 1.24 bits per heavy atom. The molecule has 1 fully saturated rings. The largest absolute Gasteiger partial charge is 0.434 e. The number of hydrogen-bond donors (Lipinski definition) is 2. The van der Waals surface area contributed by atoms with Crippen LogP contribution in [0.3, 0.4) is 0 Å². The Bertz CT molecular complexity index is 361. The van der Waals surface area contributed by atoms with Gasteiger partial charge in [0, 0.05) is 12.1 Å². The van der Waals surface area contributed by atoms with Gasteiger partial charge in [0.05, 0.1) is 12.4 Å². The first-order valence-electron chi connectivity index (χ1n) is 4.86. The van der Waals surface area contributed by atoms with Crippen LogP contribution in [0.5, 0.6) is 0 Å². The van der Waals surface area contributed by atoms with E-state index in [1.807, 2.05) is 0 Å². The maximum atomic E-state index is 12.2. The summed E-state index contributed by atoms with van der Waals surface area (Å²) in [5.41, 5.74) is 4.60. The van der Waals surface area contributed by atoms with Crippen LogP contribution in [0, 0.1) is 0 Å². The SMILES string of the molecule is Cl.NC1CC(Nc2cnc(C(F)(F)F)cn2)C1. The van der Waals surface area contributed by atoms with Gasteiger partial charge in [-0.05, 0) is 12.8 Å². The number of nitrogens with zero attached hydrogens (tertiary/aromatic N) is 2. The van der Waals surface area contributed by atoms with Gasteiger partial charge in [0.15, 0.2) is 5.69 Å². The second-order valence-electron chi connectivity index (χ2n) is 3.86. The Balaban J connectivity index is 0.00000144. The van der Waals surface area contributed by atoms with Crippen molar-refractivity contribution in [3.05, 3.63) is 18.1 Å². The zero-order valence-electron chi connectivity index (χ0n) is 8.74. The molecule has 0 aromatic carbocycles.